The van der Waals surface area contributed by atoms with Crippen LogP contribution in [0.5, 0.6) is 0 Å². The van der Waals surface area contributed by atoms with Crippen molar-refractivity contribution in [3.05, 3.63) is 83.6 Å². The number of fused-ring (bicyclic) bond motifs is 2. The fourth-order valence-electron chi connectivity index (χ4n) is 3.13. The summed E-state index contributed by atoms with van der Waals surface area (Å²) in [4.78, 5) is 12.3. The van der Waals surface area contributed by atoms with Crippen LogP contribution in [-0.4, -0.2) is 21.6 Å². The Morgan fingerprint density at radius 3 is 2.91 bits per heavy atom. The number of allylic oxidation sites excluding steroid dienone is 4. The van der Waals surface area contributed by atoms with Crippen LogP contribution in [-0.2, 0) is 0 Å². The second-order valence-corrected chi connectivity index (χ2v) is 5.78. The number of benzene rings is 1. The van der Waals surface area contributed by atoms with Crippen molar-refractivity contribution in [3.8, 4) is 0 Å². The number of aliphatic imine (C=N–C) groups is 2. The first-order chi connectivity index (χ1) is 11.3. The largest absolute Gasteiger partial charge is 0.361 e. The predicted molar refractivity (Wildman–Crippen MR) is 91.2 cm³/mol. The van der Waals surface area contributed by atoms with E-state index in [1.807, 2.05) is 30.6 Å². The molecule has 3 aliphatic rings. The maximum atomic E-state index is 6.68. The van der Waals surface area contributed by atoms with Gasteiger partial charge >= 0.3 is 0 Å². The zero-order valence-electron chi connectivity index (χ0n) is 12.3. The van der Waals surface area contributed by atoms with E-state index in [4.69, 9.17) is 10.8 Å². The van der Waals surface area contributed by atoms with Gasteiger partial charge in [0.15, 0.2) is 0 Å². The maximum absolute atomic E-state index is 6.68. The molecule has 5 heteroatoms. The van der Waals surface area contributed by atoms with Gasteiger partial charge in [0.2, 0.25) is 5.70 Å². The monoisotopic (exact) mass is 300 g/mol. The number of rotatable bonds is 2. The van der Waals surface area contributed by atoms with E-state index in [2.05, 4.69) is 34.2 Å². The molecule has 2 aromatic rings. The highest BCUT2D eigenvalue weighted by molar-refractivity contribution is 6.03. The van der Waals surface area contributed by atoms with E-state index < -0.39 is 0 Å². The second kappa shape index (κ2) is 4.25. The molecule has 5 nitrogen and oxygen atoms in total. The SMILES string of the molecule is N[N+]12C=CN=CC1=C(C1=CC=C1)N=C2c1ccc2[nH]ccc2c1. The van der Waals surface area contributed by atoms with E-state index in [1.54, 1.807) is 12.4 Å². The van der Waals surface area contributed by atoms with E-state index in [0.29, 0.717) is 0 Å². The number of aromatic amines is 1. The van der Waals surface area contributed by atoms with Crippen LogP contribution in [0.2, 0.25) is 0 Å². The van der Waals surface area contributed by atoms with Crippen molar-refractivity contribution < 1.29 is 4.59 Å². The van der Waals surface area contributed by atoms with Crippen molar-refractivity contribution in [1.29, 1.82) is 0 Å². The number of quaternary nitrogens is 1. The van der Waals surface area contributed by atoms with Crippen LogP contribution in [0.15, 0.2) is 88.0 Å². The lowest BCUT2D eigenvalue weighted by Gasteiger charge is -2.26. The van der Waals surface area contributed by atoms with Crippen LogP contribution < -0.4 is 5.84 Å². The molecule has 1 aromatic carbocycles. The highest BCUT2D eigenvalue weighted by Gasteiger charge is 2.44. The summed E-state index contributed by atoms with van der Waals surface area (Å²) in [6.45, 7) is 0. The molecule has 23 heavy (non-hydrogen) atoms. The van der Waals surface area contributed by atoms with Crippen molar-refractivity contribution >= 4 is 23.0 Å². The minimum atomic E-state index is 0.0555. The Kier molecular flexibility index (Phi) is 2.31. The van der Waals surface area contributed by atoms with Gasteiger partial charge in [-0.25, -0.2) is 0 Å². The first kappa shape index (κ1) is 12.5. The van der Waals surface area contributed by atoms with Crippen LogP contribution >= 0.6 is 0 Å². The van der Waals surface area contributed by atoms with Gasteiger partial charge in [0, 0.05) is 22.7 Å². The number of nitrogens with one attached hydrogen (secondary N) is 1. The molecule has 2 aliphatic heterocycles. The molecular formula is C18H14N5+. The van der Waals surface area contributed by atoms with Gasteiger partial charge in [-0.15, -0.1) is 4.59 Å². The van der Waals surface area contributed by atoms with E-state index in [-0.39, 0.29) is 4.59 Å². The molecule has 3 N–H and O–H groups in total. The fourth-order valence-corrected chi connectivity index (χ4v) is 3.13. The van der Waals surface area contributed by atoms with Crippen molar-refractivity contribution in [2.75, 3.05) is 0 Å². The molecule has 1 aromatic heterocycles. The topological polar surface area (TPSA) is 66.5 Å². The van der Waals surface area contributed by atoms with Crippen LogP contribution in [0, 0.1) is 0 Å². The Balaban J connectivity index is 1.70. The lowest BCUT2D eigenvalue weighted by atomic mass is 10.0. The Morgan fingerprint density at radius 1 is 1.17 bits per heavy atom. The lowest BCUT2D eigenvalue weighted by molar-refractivity contribution is -0.750. The van der Waals surface area contributed by atoms with Gasteiger partial charge < -0.3 is 4.98 Å². The number of aromatic nitrogens is 1. The van der Waals surface area contributed by atoms with Crippen LogP contribution in [0.4, 0.5) is 0 Å². The van der Waals surface area contributed by atoms with E-state index >= 15 is 0 Å². The standard InChI is InChI=1S/C18H14N5/c19-23-9-8-20-11-16(23)17(12-2-1-3-12)22-18(23)14-4-5-15-13(10-14)6-7-21-15/h1-11,21H,19H2/q+1. The molecule has 0 amide bonds. The van der Waals surface area contributed by atoms with Gasteiger partial charge in [0.1, 0.15) is 11.9 Å². The summed E-state index contributed by atoms with van der Waals surface area (Å²) < 4.78 is 0.0555. The van der Waals surface area contributed by atoms with Gasteiger partial charge in [-0.1, -0.05) is 18.2 Å². The molecule has 0 saturated heterocycles. The van der Waals surface area contributed by atoms with Gasteiger partial charge in [0.25, 0.3) is 5.84 Å². The minimum absolute atomic E-state index is 0.0555. The average Bonchev–Trinajstić information content (AvgIpc) is 3.07. The van der Waals surface area contributed by atoms with Gasteiger partial charge in [-0.3, -0.25) is 4.99 Å². The molecule has 1 unspecified atom stereocenters. The summed E-state index contributed by atoms with van der Waals surface area (Å²) in [5.41, 5.74) is 4.99. The van der Waals surface area contributed by atoms with E-state index in [0.717, 1.165) is 39.3 Å². The van der Waals surface area contributed by atoms with Gasteiger partial charge in [-0.05, 0) is 24.3 Å². The highest BCUT2D eigenvalue weighted by Crippen LogP contribution is 2.36. The van der Waals surface area contributed by atoms with E-state index in [1.165, 1.54) is 0 Å². The molecule has 1 atom stereocenters. The number of hydrogen-bond acceptors (Lipinski definition) is 3. The zero-order chi connectivity index (χ0) is 15.4. The summed E-state index contributed by atoms with van der Waals surface area (Å²) in [6.07, 6.45) is 13.4. The van der Waals surface area contributed by atoms with Crippen molar-refractivity contribution in [3.63, 3.8) is 0 Å². The second-order valence-electron chi connectivity index (χ2n) is 5.78. The minimum Gasteiger partial charge on any atom is -0.361 e. The Hall–Kier alpha value is -3.02. The van der Waals surface area contributed by atoms with Crippen molar-refractivity contribution in [1.82, 2.24) is 4.98 Å². The molecule has 110 valence electrons. The fraction of sp³-hybridized carbons (Fsp3) is 0. The first-order valence-corrected chi connectivity index (χ1v) is 7.44. The van der Waals surface area contributed by atoms with Crippen LogP contribution in [0.1, 0.15) is 5.56 Å². The molecule has 5 rings (SSSR count). The molecule has 0 radical (unpaired) electrons. The quantitative estimate of drug-likeness (QED) is 0.650. The molecular weight excluding hydrogens is 286 g/mol. The molecule has 0 saturated carbocycles. The molecule has 1 aliphatic carbocycles. The smallest absolute Gasteiger partial charge is 0.265 e. The normalized spacial score (nSPS) is 24.7. The number of nitrogens with two attached hydrogens (primary N) is 1. The van der Waals surface area contributed by atoms with E-state index in [9.17, 15) is 0 Å². The predicted octanol–water partition coefficient (Wildman–Crippen LogP) is 2.88. The van der Waals surface area contributed by atoms with Crippen molar-refractivity contribution in [2.24, 2.45) is 15.8 Å². The third-order valence-electron chi connectivity index (χ3n) is 4.43. The van der Waals surface area contributed by atoms with Crippen LogP contribution in [0.3, 0.4) is 0 Å². The summed E-state index contributed by atoms with van der Waals surface area (Å²) in [7, 11) is 0. The van der Waals surface area contributed by atoms with Crippen molar-refractivity contribution in [2.45, 2.75) is 0 Å². The molecule has 0 spiro atoms. The molecule has 0 fully saturated rings. The summed E-state index contributed by atoms with van der Waals surface area (Å²) in [5, 5.41) is 1.14. The molecule has 0 bridgehead atoms. The Bertz CT molecular complexity index is 1030. The third kappa shape index (κ3) is 1.63. The maximum Gasteiger partial charge on any atom is 0.265 e. The number of H-pyrrole nitrogens is 1. The van der Waals surface area contributed by atoms with Crippen LogP contribution in [0.25, 0.3) is 10.9 Å². The third-order valence-corrected chi connectivity index (χ3v) is 4.43. The van der Waals surface area contributed by atoms with Gasteiger partial charge in [-0.2, -0.15) is 10.8 Å². The summed E-state index contributed by atoms with van der Waals surface area (Å²) in [5.74, 6) is 7.49. The Labute approximate surface area is 132 Å². The number of hydrogen-bond donors (Lipinski definition) is 2. The molecule has 3 heterocycles. The highest BCUT2D eigenvalue weighted by atomic mass is 15.6. The summed E-state index contributed by atoms with van der Waals surface area (Å²) in [6, 6.07) is 8.27. The average molecular weight is 300 g/mol. The lowest BCUT2D eigenvalue weighted by Crippen LogP contribution is -2.53. The summed E-state index contributed by atoms with van der Waals surface area (Å²) >= 11 is 0. The zero-order valence-corrected chi connectivity index (χ0v) is 12.3. The first-order valence-electron chi connectivity index (χ1n) is 7.44. The van der Waals surface area contributed by atoms with Gasteiger partial charge in [0.05, 0.1) is 18.0 Å². The Morgan fingerprint density at radius 2 is 2.09 bits per heavy atom. The number of nitrogens with zero attached hydrogens (tertiary/aromatic N) is 3. The number of amidine groups is 1.